The summed E-state index contributed by atoms with van der Waals surface area (Å²) >= 11 is 0. The topological polar surface area (TPSA) is 89.1 Å². The maximum absolute atomic E-state index is 12.9. The minimum absolute atomic E-state index is 0.00921. The van der Waals surface area contributed by atoms with Gasteiger partial charge in [-0.2, -0.15) is 0 Å². The quantitative estimate of drug-likeness (QED) is 0.723. The Labute approximate surface area is 186 Å². The van der Waals surface area contributed by atoms with E-state index in [2.05, 4.69) is 10.6 Å². The highest BCUT2D eigenvalue weighted by Crippen LogP contribution is 2.33. The molecule has 32 heavy (non-hydrogen) atoms. The Kier molecular flexibility index (Phi) is 5.75. The van der Waals surface area contributed by atoms with Crippen LogP contribution in [0.25, 0.3) is 0 Å². The van der Waals surface area contributed by atoms with Crippen molar-refractivity contribution in [1.29, 1.82) is 0 Å². The number of benzene rings is 2. The minimum atomic E-state index is -0.153. The molecule has 1 unspecified atom stereocenters. The summed E-state index contributed by atoms with van der Waals surface area (Å²) in [6, 6.07) is 12.7. The standard InChI is InChI=1S/C24H27N3O5/c28-23(25-17-5-6-17)16-3-8-20(9-4-16)32-15-19-2-1-11-27(19)24(29)26-18-7-10-21-22(14-18)31-13-12-30-21/h3-4,7-10,14,17,19H,1-2,5-6,11-13,15H2,(H,25,28)(H,26,29). The smallest absolute Gasteiger partial charge is 0.322 e. The van der Waals surface area contributed by atoms with E-state index in [0.717, 1.165) is 25.7 Å². The van der Waals surface area contributed by atoms with Crippen LogP contribution in [-0.2, 0) is 0 Å². The van der Waals surface area contributed by atoms with Gasteiger partial charge in [-0.3, -0.25) is 4.79 Å². The molecule has 2 aromatic carbocycles. The lowest BCUT2D eigenvalue weighted by atomic mass is 10.2. The van der Waals surface area contributed by atoms with Gasteiger partial charge < -0.3 is 29.7 Å². The summed E-state index contributed by atoms with van der Waals surface area (Å²) in [7, 11) is 0. The van der Waals surface area contributed by atoms with E-state index in [1.165, 1.54) is 0 Å². The average molecular weight is 437 g/mol. The van der Waals surface area contributed by atoms with Gasteiger partial charge >= 0.3 is 6.03 Å². The molecule has 1 saturated heterocycles. The molecule has 0 bridgehead atoms. The summed E-state index contributed by atoms with van der Waals surface area (Å²) in [5.41, 5.74) is 1.30. The summed E-state index contributed by atoms with van der Waals surface area (Å²) in [6.45, 7) is 2.12. The van der Waals surface area contributed by atoms with Crippen LogP contribution in [0.3, 0.4) is 0 Å². The van der Waals surface area contributed by atoms with Crippen LogP contribution >= 0.6 is 0 Å². The predicted molar refractivity (Wildman–Crippen MR) is 119 cm³/mol. The third-order valence-electron chi connectivity index (χ3n) is 5.90. The van der Waals surface area contributed by atoms with E-state index in [-0.39, 0.29) is 18.0 Å². The molecule has 0 spiro atoms. The number of anilines is 1. The van der Waals surface area contributed by atoms with Crippen molar-refractivity contribution in [2.45, 2.75) is 37.8 Å². The molecule has 2 aliphatic heterocycles. The first kappa shape index (κ1) is 20.5. The first-order valence-corrected chi connectivity index (χ1v) is 11.2. The molecule has 3 amide bonds. The molecule has 8 nitrogen and oxygen atoms in total. The average Bonchev–Trinajstić information content (AvgIpc) is 3.50. The molecular weight excluding hydrogens is 410 g/mol. The lowest BCUT2D eigenvalue weighted by Crippen LogP contribution is -2.41. The largest absolute Gasteiger partial charge is 0.491 e. The second kappa shape index (κ2) is 8.98. The first-order valence-electron chi connectivity index (χ1n) is 11.2. The fourth-order valence-corrected chi connectivity index (χ4v) is 3.98. The van der Waals surface area contributed by atoms with Crippen LogP contribution in [0.15, 0.2) is 42.5 Å². The zero-order valence-corrected chi connectivity index (χ0v) is 17.8. The van der Waals surface area contributed by atoms with Crippen molar-refractivity contribution in [2.75, 3.05) is 31.7 Å². The Bertz CT molecular complexity index is 990. The number of carbonyl (C=O) groups is 2. The molecule has 2 heterocycles. The fraction of sp³-hybridized carbons (Fsp3) is 0.417. The van der Waals surface area contributed by atoms with E-state index < -0.39 is 0 Å². The van der Waals surface area contributed by atoms with Crippen molar-refractivity contribution in [3.63, 3.8) is 0 Å². The molecule has 2 N–H and O–H groups in total. The van der Waals surface area contributed by atoms with Crippen LogP contribution in [0.5, 0.6) is 17.2 Å². The van der Waals surface area contributed by atoms with Gasteiger partial charge in [0.1, 0.15) is 25.6 Å². The molecule has 0 aromatic heterocycles. The summed E-state index contributed by atoms with van der Waals surface area (Å²) < 4.78 is 17.1. The fourth-order valence-electron chi connectivity index (χ4n) is 3.98. The lowest BCUT2D eigenvalue weighted by Gasteiger charge is -2.25. The molecule has 8 heteroatoms. The molecule has 0 radical (unpaired) electrons. The van der Waals surface area contributed by atoms with E-state index in [0.29, 0.717) is 60.9 Å². The third-order valence-corrected chi connectivity index (χ3v) is 5.90. The number of hydrogen-bond acceptors (Lipinski definition) is 5. The predicted octanol–water partition coefficient (Wildman–Crippen LogP) is 3.43. The summed E-state index contributed by atoms with van der Waals surface area (Å²) in [5.74, 6) is 1.98. The van der Waals surface area contributed by atoms with Gasteiger partial charge in [-0.1, -0.05) is 0 Å². The molecule has 2 fully saturated rings. The number of rotatable bonds is 6. The van der Waals surface area contributed by atoms with Crippen LogP contribution < -0.4 is 24.8 Å². The number of carbonyl (C=O) groups excluding carboxylic acids is 2. The van der Waals surface area contributed by atoms with E-state index in [1.807, 2.05) is 17.0 Å². The van der Waals surface area contributed by atoms with Gasteiger partial charge in [0.15, 0.2) is 11.5 Å². The van der Waals surface area contributed by atoms with Crippen molar-refractivity contribution >= 4 is 17.6 Å². The van der Waals surface area contributed by atoms with Crippen LogP contribution in [-0.4, -0.2) is 55.3 Å². The highest BCUT2D eigenvalue weighted by molar-refractivity contribution is 5.94. The molecule has 1 atom stereocenters. The highest BCUT2D eigenvalue weighted by atomic mass is 16.6. The number of hydrogen-bond donors (Lipinski definition) is 2. The number of amides is 3. The van der Waals surface area contributed by atoms with Gasteiger partial charge in [0, 0.05) is 29.9 Å². The van der Waals surface area contributed by atoms with E-state index >= 15 is 0 Å². The molecule has 3 aliphatic rings. The van der Waals surface area contributed by atoms with Crippen molar-refractivity contribution in [3.8, 4) is 17.2 Å². The molecule has 2 aromatic rings. The van der Waals surface area contributed by atoms with Crippen LogP contribution in [0.1, 0.15) is 36.0 Å². The normalized spacial score (nSPS) is 19.4. The van der Waals surface area contributed by atoms with E-state index in [9.17, 15) is 9.59 Å². The van der Waals surface area contributed by atoms with Crippen LogP contribution in [0, 0.1) is 0 Å². The molecule has 1 aliphatic carbocycles. The molecule has 1 saturated carbocycles. The Morgan fingerprint density at radius 1 is 1.00 bits per heavy atom. The number of ether oxygens (including phenoxy) is 3. The number of urea groups is 1. The SMILES string of the molecule is O=C(NC1CC1)c1ccc(OCC2CCCN2C(=O)Nc2ccc3c(c2)OCCO3)cc1. The van der Waals surface area contributed by atoms with Gasteiger partial charge in [0.25, 0.3) is 5.91 Å². The van der Waals surface area contributed by atoms with Crippen molar-refractivity contribution < 1.29 is 23.8 Å². The minimum Gasteiger partial charge on any atom is -0.491 e. The monoisotopic (exact) mass is 437 g/mol. The maximum atomic E-state index is 12.9. The molecule has 168 valence electrons. The van der Waals surface area contributed by atoms with Gasteiger partial charge in [-0.25, -0.2) is 4.79 Å². The zero-order chi connectivity index (χ0) is 21.9. The Morgan fingerprint density at radius 2 is 1.78 bits per heavy atom. The number of likely N-dealkylation sites (tertiary alicyclic amines) is 1. The van der Waals surface area contributed by atoms with Gasteiger partial charge in [0.05, 0.1) is 6.04 Å². The van der Waals surface area contributed by atoms with Crippen molar-refractivity contribution in [2.24, 2.45) is 0 Å². The van der Waals surface area contributed by atoms with Gasteiger partial charge in [-0.15, -0.1) is 0 Å². The Morgan fingerprint density at radius 3 is 2.56 bits per heavy atom. The summed E-state index contributed by atoms with van der Waals surface area (Å²) in [6.07, 6.45) is 3.94. The summed E-state index contributed by atoms with van der Waals surface area (Å²) in [4.78, 5) is 26.8. The lowest BCUT2D eigenvalue weighted by molar-refractivity contribution is 0.0951. The number of fused-ring (bicyclic) bond motifs is 1. The van der Waals surface area contributed by atoms with Gasteiger partial charge in [-0.05, 0) is 62.1 Å². The first-order chi connectivity index (χ1) is 15.7. The van der Waals surface area contributed by atoms with E-state index in [4.69, 9.17) is 14.2 Å². The maximum Gasteiger partial charge on any atom is 0.322 e. The Balaban J connectivity index is 1.15. The van der Waals surface area contributed by atoms with Crippen LogP contribution in [0.4, 0.5) is 10.5 Å². The summed E-state index contributed by atoms with van der Waals surface area (Å²) in [5, 5.41) is 5.93. The van der Waals surface area contributed by atoms with Crippen molar-refractivity contribution in [3.05, 3.63) is 48.0 Å². The van der Waals surface area contributed by atoms with Crippen LogP contribution in [0.2, 0.25) is 0 Å². The molecule has 5 rings (SSSR count). The van der Waals surface area contributed by atoms with E-state index in [1.54, 1.807) is 30.3 Å². The zero-order valence-electron chi connectivity index (χ0n) is 17.8. The second-order valence-corrected chi connectivity index (χ2v) is 8.36. The molecular formula is C24H27N3O5. The second-order valence-electron chi connectivity index (χ2n) is 8.36. The van der Waals surface area contributed by atoms with Gasteiger partial charge in [0.2, 0.25) is 0 Å². The third kappa shape index (κ3) is 4.74. The highest BCUT2D eigenvalue weighted by Gasteiger charge is 2.30. The van der Waals surface area contributed by atoms with Crippen molar-refractivity contribution in [1.82, 2.24) is 10.2 Å². The number of nitrogens with one attached hydrogen (secondary N) is 2. The Hall–Kier alpha value is -3.42. The number of nitrogens with zero attached hydrogens (tertiary/aromatic N) is 1.